The fourth-order valence-electron chi connectivity index (χ4n) is 3.05. The van der Waals surface area contributed by atoms with Gasteiger partial charge in [0.1, 0.15) is 11.6 Å². The largest absolute Gasteiger partial charge is 0.481 e. The SMILES string of the molecule is Cc1ccc(OC(C)C(=O)N2CCN(S(=O)(=O)c3cccc(F)c3)CC2)cc1. The molecule has 1 fully saturated rings. The number of ether oxygens (including phenoxy) is 1. The van der Waals surface area contributed by atoms with E-state index < -0.39 is 21.9 Å². The lowest BCUT2D eigenvalue weighted by molar-refractivity contribution is -0.139. The Balaban J connectivity index is 1.59. The maximum atomic E-state index is 13.4. The molecule has 0 N–H and O–H groups in total. The molecule has 3 rings (SSSR count). The highest BCUT2D eigenvalue weighted by Gasteiger charge is 2.32. The molecule has 1 saturated heterocycles. The van der Waals surface area contributed by atoms with Gasteiger partial charge in [-0.15, -0.1) is 0 Å². The van der Waals surface area contributed by atoms with Crippen LogP contribution in [0.3, 0.4) is 0 Å². The first-order valence-electron chi connectivity index (χ1n) is 9.05. The van der Waals surface area contributed by atoms with Crippen molar-refractivity contribution in [1.29, 1.82) is 0 Å². The minimum atomic E-state index is -3.78. The first kappa shape index (κ1) is 20.3. The van der Waals surface area contributed by atoms with Gasteiger partial charge in [-0.3, -0.25) is 4.79 Å². The summed E-state index contributed by atoms with van der Waals surface area (Å²) >= 11 is 0. The molecule has 2 aromatic rings. The Morgan fingerprint density at radius 2 is 1.71 bits per heavy atom. The molecule has 0 aromatic heterocycles. The van der Waals surface area contributed by atoms with Crippen molar-refractivity contribution in [2.24, 2.45) is 0 Å². The maximum Gasteiger partial charge on any atom is 0.263 e. The predicted molar refractivity (Wildman–Crippen MR) is 103 cm³/mol. The van der Waals surface area contributed by atoms with Gasteiger partial charge in [-0.2, -0.15) is 4.31 Å². The zero-order chi connectivity index (χ0) is 20.3. The molecule has 1 amide bonds. The summed E-state index contributed by atoms with van der Waals surface area (Å²) in [5, 5.41) is 0. The molecular weight excluding hydrogens is 383 g/mol. The number of nitrogens with zero attached hydrogens (tertiary/aromatic N) is 2. The molecule has 0 aliphatic carbocycles. The van der Waals surface area contributed by atoms with Crippen molar-refractivity contribution in [3.63, 3.8) is 0 Å². The van der Waals surface area contributed by atoms with Crippen LogP contribution in [0, 0.1) is 12.7 Å². The van der Waals surface area contributed by atoms with Crippen molar-refractivity contribution in [3.8, 4) is 5.75 Å². The Kier molecular flexibility index (Phi) is 6.00. The molecule has 8 heteroatoms. The molecule has 1 aliphatic heterocycles. The van der Waals surface area contributed by atoms with E-state index in [1.165, 1.54) is 22.5 Å². The molecule has 0 saturated carbocycles. The summed E-state index contributed by atoms with van der Waals surface area (Å²) in [6.45, 7) is 4.47. The molecule has 0 spiro atoms. The smallest absolute Gasteiger partial charge is 0.263 e. The van der Waals surface area contributed by atoms with Gasteiger partial charge in [0.15, 0.2) is 6.10 Å². The third-order valence-corrected chi connectivity index (χ3v) is 6.56. The minimum Gasteiger partial charge on any atom is -0.481 e. The van der Waals surface area contributed by atoms with Gasteiger partial charge >= 0.3 is 0 Å². The summed E-state index contributed by atoms with van der Waals surface area (Å²) in [5.74, 6) is -0.181. The third kappa shape index (κ3) is 4.51. The van der Waals surface area contributed by atoms with E-state index in [2.05, 4.69) is 0 Å². The number of sulfonamides is 1. The number of carbonyl (C=O) groups is 1. The Bertz CT molecular complexity index is 939. The van der Waals surface area contributed by atoms with E-state index in [1.54, 1.807) is 11.8 Å². The molecule has 1 unspecified atom stereocenters. The van der Waals surface area contributed by atoms with Crippen LogP contribution in [0.1, 0.15) is 12.5 Å². The average molecular weight is 406 g/mol. The van der Waals surface area contributed by atoms with Crippen LogP contribution in [-0.4, -0.2) is 55.8 Å². The van der Waals surface area contributed by atoms with Crippen LogP contribution in [0.4, 0.5) is 4.39 Å². The lowest BCUT2D eigenvalue weighted by Gasteiger charge is -2.35. The fraction of sp³-hybridized carbons (Fsp3) is 0.350. The van der Waals surface area contributed by atoms with Crippen LogP contribution in [-0.2, 0) is 14.8 Å². The van der Waals surface area contributed by atoms with Crippen molar-refractivity contribution in [2.45, 2.75) is 24.8 Å². The number of carbonyl (C=O) groups excluding carboxylic acids is 1. The van der Waals surface area contributed by atoms with Gasteiger partial charge in [0.25, 0.3) is 5.91 Å². The zero-order valence-corrected chi connectivity index (χ0v) is 16.7. The van der Waals surface area contributed by atoms with E-state index in [4.69, 9.17) is 4.74 Å². The van der Waals surface area contributed by atoms with Gasteiger partial charge < -0.3 is 9.64 Å². The summed E-state index contributed by atoms with van der Waals surface area (Å²) < 4.78 is 45.6. The maximum absolute atomic E-state index is 13.4. The number of benzene rings is 2. The van der Waals surface area contributed by atoms with Gasteiger partial charge in [0.05, 0.1) is 4.90 Å². The van der Waals surface area contributed by atoms with Crippen LogP contribution in [0.25, 0.3) is 0 Å². The lowest BCUT2D eigenvalue weighted by Crippen LogP contribution is -2.53. The molecule has 1 atom stereocenters. The number of piperazine rings is 1. The Morgan fingerprint density at radius 1 is 1.07 bits per heavy atom. The molecule has 28 heavy (non-hydrogen) atoms. The molecule has 150 valence electrons. The number of hydrogen-bond acceptors (Lipinski definition) is 4. The second-order valence-electron chi connectivity index (χ2n) is 6.76. The highest BCUT2D eigenvalue weighted by atomic mass is 32.2. The second-order valence-corrected chi connectivity index (χ2v) is 8.70. The first-order chi connectivity index (χ1) is 13.3. The Labute approximate surface area is 164 Å². The van der Waals surface area contributed by atoms with Gasteiger partial charge in [0.2, 0.25) is 10.0 Å². The molecule has 0 radical (unpaired) electrons. The fourth-order valence-corrected chi connectivity index (χ4v) is 4.51. The van der Waals surface area contributed by atoms with Gasteiger partial charge in [-0.05, 0) is 44.2 Å². The van der Waals surface area contributed by atoms with E-state index in [-0.39, 0.29) is 37.0 Å². The van der Waals surface area contributed by atoms with Crippen molar-refractivity contribution in [2.75, 3.05) is 26.2 Å². The highest BCUT2D eigenvalue weighted by molar-refractivity contribution is 7.89. The van der Waals surface area contributed by atoms with Crippen molar-refractivity contribution >= 4 is 15.9 Å². The Morgan fingerprint density at radius 3 is 2.32 bits per heavy atom. The van der Waals surface area contributed by atoms with E-state index in [9.17, 15) is 17.6 Å². The topological polar surface area (TPSA) is 66.9 Å². The molecule has 6 nitrogen and oxygen atoms in total. The number of aryl methyl sites for hydroxylation is 1. The summed E-state index contributed by atoms with van der Waals surface area (Å²) in [7, 11) is -3.78. The van der Waals surface area contributed by atoms with Crippen molar-refractivity contribution in [1.82, 2.24) is 9.21 Å². The van der Waals surface area contributed by atoms with Crippen LogP contribution in [0.2, 0.25) is 0 Å². The molecule has 2 aromatic carbocycles. The quantitative estimate of drug-likeness (QED) is 0.765. The van der Waals surface area contributed by atoms with Gasteiger partial charge in [-0.25, -0.2) is 12.8 Å². The molecular formula is C20H23FN2O4S. The normalized spacial score (nSPS) is 16.6. The number of halogens is 1. The average Bonchev–Trinajstić information content (AvgIpc) is 2.69. The Hall–Kier alpha value is -2.45. The van der Waals surface area contributed by atoms with Crippen LogP contribution in [0.5, 0.6) is 5.75 Å². The van der Waals surface area contributed by atoms with Crippen LogP contribution >= 0.6 is 0 Å². The van der Waals surface area contributed by atoms with E-state index in [1.807, 2.05) is 31.2 Å². The highest BCUT2D eigenvalue weighted by Crippen LogP contribution is 2.19. The summed E-state index contributed by atoms with van der Waals surface area (Å²) in [6, 6.07) is 12.4. The summed E-state index contributed by atoms with van der Waals surface area (Å²) in [5.41, 5.74) is 1.10. The molecule has 1 aliphatic rings. The third-order valence-electron chi connectivity index (χ3n) is 4.67. The van der Waals surface area contributed by atoms with Crippen molar-refractivity contribution < 1.29 is 22.3 Å². The summed E-state index contributed by atoms with van der Waals surface area (Å²) in [4.78, 5) is 14.1. The van der Waals surface area contributed by atoms with Crippen LogP contribution in [0.15, 0.2) is 53.4 Å². The van der Waals surface area contributed by atoms with Crippen molar-refractivity contribution in [3.05, 3.63) is 59.9 Å². The number of amides is 1. The zero-order valence-electron chi connectivity index (χ0n) is 15.8. The number of rotatable bonds is 5. The second kappa shape index (κ2) is 8.28. The first-order valence-corrected chi connectivity index (χ1v) is 10.5. The predicted octanol–water partition coefficient (Wildman–Crippen LogP) is 2.43. The monoisotopic (exact) mass is 406 g/mol. The van der Waals surface area contributed by atoms with E-state index in [0.29, 0.717) is 5.75 Å². The van der Waals surface area contributed by atoms with Crippen LogP contribution < -0.4 is 4.74 Å². The number of hydrogen-bond donors (Lipinski definition) is 0. The molecule has 1 heterocycles. The van der Waals surface area contributed by atoms with E-state index in [0.717, 1.165) is 11.6 Å². The van der Waals surface area contributed by atoms with Gasteiger partial charge in [0, 0.05) is 26.2 Å². The minimum absolute atomic E-state index is 0.0802. The molecule has 0 bridgehead atoms. The summed E-state index contributed by atoms with van der Waals surface area (Å²) in [6.07, 6.45) is -0.672. The van der Waals surface area contributed by atoms with E-state index >= 15 is 0 Å². The van der Waals surface area contributed by atoms with Gasteiger partial charge in [-0.1, -0.05) is 23.8 Å². The lowest BCUT2D eigenvalue weighted by atomic mass is 10.2. The standard InChI is InChI=1S/C20H23FN2O4S/c1-15-6-8-18(9-7-15)27-16(2)20(24)22-10-12-23(13-11-22)28(25,26)19-5-3-4-17(21)14-19/h3-9,14,16H,10-13H2,1-2H3.